The first-order chi connectivity index (χ1) is 8.56. The molecule has 0 heterocycles. The third-order valence-electron chi connectivity index (χ3n) is 2.35. The number of benzene rings is 2. The molecule has 3 nitrogen and oxygen atoms in total. The molecule has 0 radical (unpaired) electrons. The van der Waals surface area contributed by atoms with E-state index in [0.29, 0.717) is 16.9 Å². The molecule has 1 amide bonds. The van der Waals surface area contributed by atoms with E-state index in [1.165, 1.54) is 18.2 Å². The summed E-state index contributed by atoms with van der Waals surface area (Å²) in [7, 11) is 0. The highest BCUT2D eigenvalue weighted by molar-refractivity contribution is 9.10. The Morgan fingerprint density at radius 3 is 2.44 bits per heavy atom. The number of carbonyl (C=O) groups is 1. The molecule has 2 rings (SSSR count). The fourth-order valence-corrected chi connectivity index (χ4v) is 1.79. The van der Waals surface area contributed by atoms with Crippen LogP contribution in [0.25, 0.3) is 0 Å². The van der Waals surface area contributed by atoms with Gasteiger partial charge in [-0.1, -0.05) is 0 Å². The second-order valence-electron chi connectivity index (χ2n) is 3.71. The molecule has 0 aromatic heterocycles. The normalized spacial score (nSPS) is 10.1. The second kappa shape index (κ2) is 5.18. The molecule has 0 saturated carbocycles. The predicted molar refractivity (Wildman–Crippen MR) is 72.9 cm³/mol. The van der Waals surface area contributed by atoms with E-state index in [4.69, 9.17) is 5.73 Å². The minimum atomic E-state index is -0.404. The lowest BCUT2D eigenvalue weighted by atomic mass is 10.2. The zero-order chi connectivity index (χ0) is 13.1. The summed E-state index contributed by atoms with van der Waals surface area (Å²) >= 11 is 3.04. The third-order valence-corrected chi connectivity index (χ3v) is 2.96. The van der Waals surface area contributed by atoms with E-state index in [1.807, 2.05) is 0 Å². The molecule has 92 valence electrons. The quantitative estimate of drug-likeness (QED) is 0.835. The van der Waals surface area contributed by atoms with E-state index >= 15 is 0 Å². The topological polar surface area (TPSA) is 55.1 Å². The number of nitrogens with two attached hydrogens (primary N) is 1. The fourth-order valence-electron chi connectivity index (χ4n) is 1.41. The third kappa shape index (κ3) is 2.87. The number of hydrogen-bond acceptors (Lipinski definition) is 2. The standard InChI is InChI=1S/C13H10BrFN2O/c14-11-7-8(1-6-12(11)15)13(18)17-10-4-2-9(16)3-5-10/h1-7H,16H2,(H,17,18). The van der Waals surface area contributed by atoms with Crippen LogP contribution in [0.5, 0.6) is 0 Å². The summed E-state index contributed by atoms with van der Waals surface area (Å²) < 4.78 is 13.3. The van der Waals surface area contributed by atoms with Gasteiger partial charge in [0.1, 0.15) is 5.82 Å². The monoisotopic (exact) mass is 308 g/mol. The van der Waals surface area contributed by atoms with Crippen LogP contribution >= 0.6 is 15.9 Å². The second-order valence-corrected chi connectivity index (χ2v) is 4.56. The van der Waals surface area contributed by atoms with Gasteiger partial charge in [-0.15, -0.1) is 0 Å². The maximum absolute atomic E-state index is 13.0. The molecule has 5 heteroatoms. The zero-order valence-electron chi connectivity index (χ0n) is 9.28. The first kappa shape index (κ1) is 12.6. The number of carbonyl (C=O) groups excluding carboxylic acids is 1. The average Bonchev–Trinajstić information content (AvgIpc) is 2.35. The van der Waals surface area contributed by atoms with Gasteiger partial charge in [0.2, 0.25) is 0 Å². The van der Waals surface area contributed by atoms with E-state index in [-0.39, 0.29) is 10.4 Å². The predicted octanol–water partition coefficient (Wildman–Crippen LogP) is 3.42. The maximum atomic E-state index is 13.0. The Bertz CT molecular complexity index is 584. The van der Waals surface area contributed by atoms with Crippen molar-refractivity contribution in [3.05, 3.63) is 58.3 Å². The number of anilines is 2. The highest BCUT2D eigenvalue weighted by Gasteiger charge is 2.08. The van der Waals surface area contributed by atoms with E-state index in [1.54, 1.807) is 24.3 Å². The largest absolute Gasteiger partial charge is 0.399 e. The fraction of sp³-hybridized carbons (Fsp3) is 0. The first-order valence-corrected chi connectivity index (χ1v) is 5.97. The van der Waals surface area contributed by atoms with Gasteiger partial charge in [-0.25, -0.2) is 4.39 Å². The summed E-state index contributed by atoms with van der Waals surface area (Å²) in [6, 6.07) is 10.9. The molecule has 0 bridgehead atoms. The Labute approximate surface area is 112 Å². The molecular formula is C13H10BrFN2O. The molecule has 2 aromatic carbocycles. The van der Waals surface area contributed by atoms with E-state index < -0.39 is 5.82 Å². The SMILES string of the molecule is Nc1ccc(NC(=O)c2ccc(F)c(Br)c2)cc1. The van der Waals surface area contributed by atoms with Crippen molar-refractivity contribution in [3.8, 4) is 0 Å². The summed E-state index contributed by atoms with van der Waals surface area (Å²) in [5.74, 6) is -0.709. The molecule has 0 spiro atoms. The molecule has 0 fully saturated rings. The van der Waals surface area contributed by atoms with Crippen LogP contribution in [0.15, 0.2) is 46.9 Å². The zero-order valence-corrected chi connectivity index (χ0v) is 10.9. The number of rotatable bonds is 2. The lowest BCUT2D eigenvalue weighted by Crippen LogP contribution is -2.11. The number of halogens is 2. The van der Waals surface area contributed by atoms with Gasteiger partial charge in [-0.3, -0.25) is 4.79 Å². The molecule has 0 saturated heterocycles. The van der Waals surface area contributed by atoms with E-state index in [2.05, 4.69) is 21.2 Å². The lowest BCUT2D eigenvalue weighted by Gasteiger charge is -2.06. The summed E-state index contributed by atoms with van der Waals surface area (Å²) in [6.45, 7) is 0. The van der Waals surface area contributed by atoms with Crippen molar-refractivity contribution in [2.24, 2.45) is 0 Å². The molecule has 0 aliphatic rings. The molecule has 18 heavy (non-hydrogen) atoms. The first-order valence-electron chi connectivity index (χ1n) is 5.18. The van der Waals surface area contributed by atoms with Crippen LogP contribution < -0.4 is 11.1 Å². The number of hydrogen-bond donors (Lipinski definition) is 2. The Kier molecular flexibility index (Phi) is 3.62. The van der Waals surface area contributed by atoms with Crippen molar-refractivity contribution in [2.45, 2.75) is 0 Å². The summed E-state index contributed by atoms with van der Waals surface area (Å²) in [5.41, 5.74) is 7.18. The molecule has 2 aromatic rings. The van der Waals surface area contributed by atoms with Gasteiger partial charge in [0.05, 0.1) is 4.47 Å². The van der Waals surface area contributed by atoms with E-state index in [0.717, 1.165) is 0 Å². The van der Waals surface area contributed by atoms with Crippen LogP contribution in [0, 0.1) is 5.82 Å². The lowest BCUT2D eigenvalue weighted by molar-refractivity contribution is 0.102. The van der Waals surface area contributed by atoms with Crippen molar-refractivity contribution in [1.82, 2.24) is 0 Å². The Hall–Kier alpha value is -1.88. The van der Waals surface area contributed by atoms with Gasteiger partial charge in [0.15, 0.2) is 0 Å². The Morgan fingerprint density at radius 1 is 1.17 bits per heavy atom. The van der Waals surface area contributed by atoms with Crippen LogP contribution in [0.3, 0.4) is 0 Å². The maximum Gasteiger partial charge on any atom is 0.255 e. The Balaban J connectivity index is 2.16. The summed E-state index contributed by atoms with van der Waals surface area (Å²) in [6.07, 6.45) is 0. The van der Waals surface area contributed by atoms with Crippen molar-refractivity contribution < 1.29 is 9.18 Å². The van der Waals surface area contributed by atoms with Gasteiger partial charge in [-0.05, 0) is 58.4 Å². The molecule has 0 aliphatic carbocycles. The van der Waals surface area contributed by atoms with Crippen LogP contribution in [-0.4, -0.2) is 5.91 Å². The van der Waals surface area contributed by atoms with Crippen LogP contribution in [0.1, 0.15) is 10.4 Å². The van der Waals surface area contributed by atoms with Crippen molar-refractivity contribution >= 4 is 33.2 Å². The molecule has 0 atom stereocenters. The number of nitrogen functional groups attached to an aromatic ring is 1. The van der Waals surface area contributed by atoms with Gasteiger partial charge in [0.25, 0.3) is 5.91 Å². The highest BCUT2D eigenvalue weighted by Crippen LogP contribution is 2.18. The van der Waals surface area contributed by atoms with Crippen molar-refractivity contribution in [1.29, 1.82) is 0 Å². The summed E-state index contributed by atoms with van der Waals surface area (Å²) in [4.78, 5) is 11.9. The molecular weight excluding hydrogens is 299 g/mol. The van der Waals surface area contributed by atoms with Crippen LogP contribution in [-0.2, 0) is 0 Å². The average molecular weight is 309 g/mol. The number of amides is 1. The smallest absolute Gasteiger partial charge is 0.255 e. The van der Waals surface area contributed by atoms with Crippen LogP contribution in [0.2, 0.25) is 0 Å². The summed E-state index contributed by atoms with van der Waals surface area (Å²) in [5, 5.41) is 2.69. The highest BCUT2D eigenvalue weighted by atomic mass is 79.9. The molecule has 0 unspecified atom stereocenters. The van der Waals surface area contributed by atoms with Crippen molar-refractivity contribution in [2.75, 3.05) is 11.1 Å². The minimum absolute atomic E-state index is 0.257. The van der Waals surface area contributed by atoms with Gasteiger partial charge >= 0.3 is 0 Å². The van der Waals surface area contributed by atoms with Gasteiger partial charge < -0.3 is 11.1 Å². The van der Waals surface area contributed by atoms with Crippen molar-refractivity contribution in [3.63, 3.8) is 0 Å². The van der Waals surface area contributed by atoms with Gasteiger partial charge in [0, 0.05) is 16.9 Å². The molecule has 0 aliphatic heterocycles. The molecule has 3 N–H and O–H groups in total. The van der Waals surface area contributed by atoms with E-state index in [9.17, 15) is 9.18 Å². The Morgan fingerprint density at radius 2 is 1.83 bits per heavy atom. The van der Waals surface area contributed by atoms with Gasteiger partial charge in [-0.2, -0.15) is 0 Å². The number of nitrogens with one attached hydrogen (secondary N) is 1. The van der Waals surface area contributed by atoms with Crippen LogP contribution in [0.4, 0.5) is 15.8 Å². The minimum Gasteiger partial charge on any atom is -0.399 e.